The first-order chi connectivity index (χ1) is 10.3. The highest BCUT2D eigenvalue weighted by Gasteiger charge is 2.35. The molecule has 0 aliphatic carbocycles. The van der Waals surface area contributed by atoms with Gasteiger partial charge < -0.3 is 4.52 Å². The van der Waals surface area contributed by atoms with Gasteiger partial charge in [0, 0.05) is 24.2 Å². The Labute approximate surface area is 138 Å². The van der Waals surface area contributed by atoms with E-state index in [1.54, 1.807) is 0 Å². The molecule has 4 heteroatoms. The van der Waals surface area contributed by atoms with Gasteiger partial charge >= 0.3 is 0 Å². The van der Waals surface area contributed by atoms with Crippen LogP contribution in [-0.2, 0) is 0 Å². The van der Waals surface area contributed by atoms with E-state index in [0.717, 1.165) is 5.75 Å². The van der Waals surface area contributed by atoms with Crippen molar-refractivity contribution in [3.8, 4) is 5.75 Å². The van der Waals surface area contributed by atoms with Gasteiger partial charge in [-0.15, -0.1) is 0 Å². The van der Waals surface area contributed by atoms with Crippen molar-refractivity contribution < 1.29 is 4.52 Å². The monoisotopic (exact) mass is 324 g/mol. The van der Waals surface area contributed by atoms with Crippen LogP contribution >= 0.6 is 8.45 Å². The highest BCUT2D eigenvalue weighted by atomic mass is 31.2. The molecule has 1 aromatic rings. The van der Waals surface area contributed by atoms with Gasteiger partial charge in [-0.3, -0.25) is 0 Å². The lowest BCUT2D eigenvalue weighted by molar-refractivity contribution is 0.225. The first-order valence-corrected chi connectivity index (χ1v) is 9.51. The summed E-state index contributed by atoms with van der Waals surface area (Å²) in [4.78, 5) is 0. The summed E-state index contributed by atoms with van der Waals surface area (Å²) < 4.78 is 11.5. The van der Waals surface area contributed by atoms with Crippen LogP contribution < -0.4 is 4.52 Å². The molecule has 0 saturated carbocycles. The minimum absolute atomic E-state index is 0.440. The first kappa shape index (κ1) is 19.4. The molecule has 0 amide bonds. The number of nitrogens with zero attached hydrogens (tertiary/aromatic N) is 2. The topological polar surface area (TPSA) is 15.7 Å². The molecule has 126 valence electrons. The fraction of sp³-hybridized carbons (Fsp3) is 0.667. The highest BCUT2D eigenvalue weighted by molar-refractivity contribution is 7.47. The summed E-state index contributed by atoms with van der Waals surface area (Å²) in [6.07, 6.45) is 0. The molecule has 0 heterocycles. The van der Waals surface area contributed by atoms with E-state index >= 15 is 0 Å². The van der Waals surface area contributed by atoms with Crippen molar-refractivity contribution in [2.24, 2.45) is 0 Å². The lowest BCUT2D eigenvalue weighted by atomic mass is 10.3. The molecule has 0 unspecified atom stereocenters. The molecule has 0 aliphatic heterocycles. The van der Waals surface area contributed by atoms with Crippen LogP contribution in [0.25, 0.3) is 0 Å². The van der Waals surface area contributed by atoms with Crippen molar-refractivity contribution in [1.29, 1.82) is 0 Å². The Balaban J connectivity index is 3.18. The number of hydrogen-bond donors (Lipinski definition) is 0. The number of para-hydroxylation sites is 1. The molecule has 0 radical (unpaired) electrons. The average Bonchev–Trinajstić information content (AvgIpc) is 2.37. The molecule has 0 saturated heterocycles. The van der Waals surface area contributed by atoms with Gasteiger partial charge in [-0.1, -0.05) is 18.2 Å². The summed E-state index contributed by atoms with van der Waals surface area (Å²) in [5, 5.41) is 0. The van der Waals surface area contributed by atoms with Crippen LogP contribution in [0.2, 0.25) is 0 Å². The standard InChI is InChI=1S/C18H33N2OP/c1-14(2)19(15(3)4)22(20(16(5)6)17(7)8)21-18-12-10-9-11-13-18/h9-17H,1-8H3. The largest absolute Gasteiger partial charge is 0.444 e. The molecule has 0 spiro atoms. The third kappa shape index (κ3) is 5.22. The summed E-state index contributed by atoms with van der Waals surface area (Å²) in [5.41, 5.74) is 0. The summed E-state index contributed by atoms with van der Waals surface area (Å²) >= 11 is 0. The fourth-order valence-corrected chi connectivity index (χ4v) is 5.09. The average molecular weight is 324 g/mol. The zero-order valence-electron chi connectivity index (χ0n) is 15.4. The van der Waals surface area contributed by atoms with Crippen molar-refractivity contribution in [2.45, 2.75) is 79.6 Å². The number of rotatable bonds is 8. The maximum atomic E-state index is 6.50. The third-order valence-corrected chi connectivity index (χ3v) is 6.45. The van der Waals surface area contributed by atoms with Gasteiger partial charge in [-0.05, 0) is 67.5 Å². The van der Waals surface area contributed by atoms with E-state index < -0.39 is 8.45 Å². The van der Waals surface area contributed by atoms with Gasteiger partial charge in [-0.2, -0.15) is 0 Å². The summed E-state index contributed by atoms with van der Waals surface area (Å²) in [6, 6.07) is 12.0. The number of benzene rings is 1. The van der Waals surface area contributed by atoms with Gasteiger partial charge in [0.15, 0.2) is 0 Å². The van der Waals surface area contributed by atoms with Crippen LogP contribution in [0.3, 0.4) is 0 Å². The second-order valence-corrected chi connectivity index (χ2v) is 8.40. The third-order valence-electron chi connectivity index (χ3n) is 3.44. The van der Waals surface area contributed by atoms with E-state index in [2.05, 4.69) is 64.7 Å². The van der Waals surface area contributed by atoms with Crippen molar-refractivity contribution >= 4 is 8.45 Å². The zero-order chi connectivity index (χ0) is 16.9. The molecular weight excluding hydrogens is 291 g/mol. The molecule has 0 N–H and O–H groups in total. The molecule has 0 atom stereocenters. The number of hydrogen-bond acceptors (Lipinski definition) is 3. The zero-order valence-corrected chi connectivity index (χ0v) is 16.3. The lowest BCUT2D eigenvalue weighted by Gasteiger charge is -2.45. The molecular formula is C18H33N2OP. The van der Waals surface area contributed by atoms with Crippen LogP contribution in [0.1, 0.15) is 55.4 Å². The van der Waals surface area contributed by atoms with Crippen molar-refractivity contribution in [3.05, 3.63) is 30.3 Å². The Morgan fingerprint density at radius 2 is 1.05 bits per heavy atom. The Bertz CT molecular complexity index is 384. The van der Waals surface area contributed by atoms with Crippen LogP contribution in [0.4, 0.5) is 0 Å². The van der Waals surface area contributed by atoms with Gasteiger partial charge in [0.05, 0.1) is 0 Å². The van der Waals surface area contributed by atoms with Crippen LogP contribution in [0.15, 0.2) is 30.3 Å². The Morgan fingerprint density at radius 1 is 0.682 bits per heavy atom. The Morgan fingerprint density at radius 3 is 1.36 bits per heavy atom. The summed E-state index contributed by atoms with van der Waals surface area (Å²) in [5.74, 6) is 0.950. The first-order valence-electron chi connectivity index (χ1n) is 8.35. The van der Waals surface area contributed by atoms with Gasteiger partial charge in [-0.25, -0.2) is 9.34 Å². The SMILES string of the molecule is CC(C)N(C(C)C)P(Oc1ccccc1)N(C(C)C)C(C)C. The fourth-order valence-electron chi connectivity index (χ4n) is 2.77. The highest BCUT2D eigenvalue weighted by Crippen LogP contribution is 2.50. The molecule has 3 nitrogen and oxygen atoms in total. The molecule has 1 rings (SSSR count). The quantitative estimate of drug-likeness (QED) is 0.585. The summed E-state index contributed by atoms with van der Waals surface area (Å²) in [6.45, 7) is 18.0. The maximum absolute atomic E-state index is 6.50. The van der Waals surface area contributed by atoms with Crippen LogP contribution in [0, 0.1) is 0 Å². The predicted molar refractivity (Wildman–Crippen MR) is 98.2 cm³/mol. The maximum Gasteiger partial charge on any atom is 0.249 e. The second kappa shape index (κ2) is 8.86. The summed E-state index contributed by atoms with van der Waals surface area (Å²) in [7, 11) is -0.855. The van der Waals surface area contributed by atoms with Gasteiger partial charge in [0.2, 0.25) is 8.45 Å². The molecule has 0 aromatic heterocycles. The minimum Gasteiger partial charge on any atom is -0.444 e. The van der Waals surface area contributed by atoms with Gasteiger partial charge in [0.1, 0.15) is 5.75 Å². The smallest absolute Gasteiger partial charge is 0.249 e. The van der Waals surface area contributed by atoms with Crippen molar-refractivity contribution in [3.63, 3.8) is 0 Å². The molecule has 0 fully saturated rings. The second-order valence-electron chi connectivity index (χ2n) is 6.79. The van der Waals surface area contributed by atoms with E-state index in [1.807, 2.05) is 30.3 Å². The van der Waals surface area contributed by atoms with E-state index in [9.17, 15) is 0 Å². The van der Waals surface area contributed by atoms with E-state index in [4.69, 9.17) is 4.52 Å². The van der Waals surface area contributed by atoms with Crippen molar-refractivity contribution in [2.75, 3.05) is 0 Å². The molecule has 22 heavy (non-hydrogen) atoms. The van der Waals surface area contributed by atoms with E-state index in [0.29, 0.717) is 24.2 Å². The van der Waals surface area contributed by atoms with Crippen molar-refractivity contribution in [1.82, 2.24) is 9.34 Å². The molecule has 1 aromatic carbocycles. The van der Waals surface area contributed by atoms with E-state index in [-0.39, 0.29) is 0 Å². The molecule has 0 bridgehead atoms. The Kier molecular flexibility index (Phi) is 7.82. The Hall–Kier alpha value is -0.630. The van der Waals surface area contributed by atoms with Gasteiger partial charge in [0.25, 0.3) is 0 Å². The van der Waals surface area contributed by atoms with Crippen LogP contribution in [0.5, 0.6) is 5.75 Å². The molecule has 0 aliphatic rings. The van der Waals surface area contributed by atoms with Crippen LogP contribution in [-0.4, -0.2) is 33.5 Å². The normalized spacial score (nSPS) is 12.7. The lowest BCUT2D eigenvalue weighted by Crippen LogP contribution is -2.44. The van der Waals surface area contributed by atoms with E-state index in [1.165, 1.54) is 0 Å². The minimum atomic E-state index is -0.855. The predicted octanol–water partition coefficient (Wildman–Crippen LogP) is 5.53.